The summed E-state index contributed by atoms with van der Waals surface area (Å²) in [6.07, 6.45) is 0. The first kappa shape index (κ1) is 15.6. The SMILES string of the molecule is C[CH2][SnH2][C]#CCOCOCC#[C][SnH2][CH2]C. The summed E-state index contributed by atoms with van der Waals surface area (Å²) < 4.78 is 19.4. The molecule has 0 bridgehead atoms. The predicted molar refractivity (Wildman–Crippen MR) is 70.4 cm³/mol. The van der Waals surface area contributed by atoms with Crippen LogP contribution in [0.25, 0.3) is 0 Å². The van der Waals surface area contributed by atoms with Crippen LogP contribution in [0.2, 0.25) is 8.87 Å². The number of ether oxygens (including phenoxy) is 2. The fourth-order valence-corrected chi connectivity index (χ4v) is 3.79. The van der Waals surface area contributed by atoms with E-state index >= 15 is 0 Å². The first-order chi connectivity index (χ1) is 7.41. The third kappa shape index (κ3) is 14.6. The van der Waals surface area contributed by atoms with Crippen LogP contribution in [0.5, 0.6) is 0 Å². The van der Waals surface area contributed by atoms with Crippen LogP contribution in [0.15, 0.2) is 0 Å². The molecule has 0 aliphatic heterocycles. The van der Waals surface area contributed by atoms with Gasteiger partial charge in [-0.25, -0.2) is 0 Å². The number of hydrogen-bond donors (Lipinski definition) is 0. The van der Waals surface area contributed by atoms with Crippen molar-refractivity contribution in [3.8, 4) is 19.7 Å². The first-order valence-corrected chi connectivity index (χ1v) is 15.2. The summed E-state index contributed by atoms with van der Waals surface area (Å²) in [6, 6.07) is 0. The van der Waals surface area contributed by atoms with Crippen molar-refractivity contribution in [2.24, 2.45) is 0 Å². The van der Waals surface area contributed by atoms with Gasteiger partial charge in [-0.1, -0.05) is 0 Å². The predicted octanol–water partition coefficient (Wildman–Crippen LogP) is 0.113. The molecule has 0 amide bonds. The van der Waals surface area contributed by atoms with Gasteiger partial charge in [0.2, 0.25) is 0 Å². The van der Waals surface area contributed by atoms with E-state index < -0.39 is 42.3 Å². The molecule has 0 aromatic heterocycles. The molecule has 4 heteroatoms. The summed E-state index contributed by atoms with van der Waals surface area (Å²) in [4.78, 5) is 0. The molecule has 0 heterocycles. The summed E-state index contributed by atoms with van der Waals surface area (Å²) in [7, 11) is 0. The molecule has 84 valence electrons. The molecule has 0 atom stereocenters. The zero-order valence-electron chi connectivity index (χ0n) is 9.77. The van der Waals surface area contributed by atoms with E-state index in [-0.39, 0.29) is 0 Å². The van der Waals surface area contributed by atoms with Gasteiger partial charge in [-0.3, -0.25) is 0 Å². The van der Waals surface area contributed by atoms with E-state index in [4.69, 9.17) is 9.47 Å². The third-order valence-corrected chi connectivity index (χ3v) is 7.22. The Morgan fingerprint density at radius 3 is 1.73 bits per heavy atom. The Morgan fingerprint density at radius 1 is 0.867 bits per heavy atom. The maximum absolute atomic E-state index is 5.17. The van der Waals surface area contributed by atoms with Crippen molar-refractivity contribution in [3.05, 3.63) is 0 Å². The van der Waals surface area contributed by atoms with Crippen molar-refractivity contribution in [2.75, 3.05) is 20.0 Å². The van der Waals surface area contributed by atoms with E-state index in [1.165, 1.54) is 8.87 Å². The molecule has 2 nitrogen and oxygen atoms in total. The minimum atomic E-state index is -0.679. The average molecular weight is 422 g/mol. The van der Waals surface area contributed by atoms with Crippen LogP contribution < -0.4 is 0 Å². The summed E-state index contributed by atoms with van der Waals surface area (Å²) in [6.45, 7) is 5.76. The monoisotopic (exact) mass is 424 g/mol. The minimum absolute atomic E-state index is 0.326. The van der Waals surface area contributed by atoms with Gasteiger partial charge in [0, 0.05) is 0 Å². The molecule has 0 aliphatic carbocycles. The van der Waals surface area contributed by atoms with Crippen molar-refractivity contribution < 1.29 is 9.47 Å². The molecule has 15 heavy (non-hydrogen) atoms. The Bertz CT molecular complexity index is 219. The van der Waals surface area contributed by atoms with E-state index in [0.717, 1.165) is 0 Å². The fourth-order valence-electron chi connectivity index (χ4n) is 0.773. The maximum atomic E-state index is 5.17. The van der Waals surface area contributed by atoms with Crippen LogP contribution in [-0.4, -0.2) is 62.3 Å². The topological polar surface area (TPSA) is 18.5 Å². The summed E-state index contributed by atoms with van der Waals surface area (Å²) in [5.41, 5.74) is 0. The van der Waals surface area contributed by atoms with Crippen molar-refractivity contribution in [1.82, 2.24) is 0 Å². The van der Waals surface area contributed by atoms with Crippen LogP contribution in [0.1, 0.15) is 13.8 Å². The normalized spacial score (nSPS) is 10.3. The number of rotatable bonds is 6. The van der Waals surface area contributed by atoms with E-state index in [0.29, 0.717) is 20.0 Å². The van der Waals surface area contributed by atoms with Crippen molar-refractivity contribution in [2.45, 2.75) is 22.7 Å². The quantitative estimate of drug-likeness (QED) is 0.262. The molecule has 0 unspecified atom stereocenters. The van der Waals surface area contributed by atoms with Gasteiger partial charge in [-0.05, 0) is 0 Å². The van der Waals surface area contributed by atoms with Gasteiger partial charge in [0.15, 0.2) is 0 Å². The van der Waals surface area contributed by atoms with Crippen LogP contribution in [0.4, 0.5) is 0 Å². The molecule has 0 saturated heterocycles. The summed E-state index contributed by atoms with van der Waals surface area (Å²) in [5, 5.41) is 0. The molecule has 0 spiro atoms. The van der Waals surface area contributed by atoms with Gasteiger partial charge in [0.05, 0.1) is 0 Å². The Labute approximate surface area is 113 Å². The van der Waals surface area contributed by atoms with Gasteiger partial charge in [0.25, 0.3) is 0 Å². The molecular formula is C11H20O2Sn2. The van der Waals surface area contributed by atoms with Crippen LogP contribution in [0, 0.1) is 19.7 Å². The summed E-state index contributed by atoms with van der Waals surface area (Å²) >= 11 is -1.36. The van der Waals surface area contributed by atoms with Crippen molar-refractivity contribution >= 4 is 42.3 Å². The van der Waals surface area contributed by atoms with Crippen LogP contribution in [-0.2, 0) is 9.47 Å². The molecule has 0 saturated carbocycles. The average Bonchev–Trinajstić information content (AvgIpc) is 2.26. The number of hydrogen-bond acceptors (Lipinski definition) is 2. The van der Waals surface area contributed by atoms with Gasteiger partial charge < -0.3 is 0 Å². The second-order valence-corrected chi connectivity index (χ2v) is 13.6. The van der Waals surface area contributed by atoms with Crippen LogP contribution in [0.3, 0.4) is 0 Å². The zero-order chi connectivity index (χ0) is 11.2. The van der Waals surface area contributed by atoms with E-state index in [1.54, 1.807) is 0 Å². The zero-order valence-corrected chi connectivity index (χ0v) is 17.8. The molecular weight excluding hydrogens is 402 g/mol. The standard InChI is InChI=1S/C7H6O2.2C2H5.2Sn.4H/c1-3-5-8-7-9-6-4-2;2*1-2;;;;;;/h5-7H2;2*1H2,2H3;;;;;;. The molecule has 0 aliphatic rings. The van der Waals surface area contributed by atoms with E-state index in [1.807, 2.05) is 0 Å². The Morgan fingerprint density at radius 2 is 1.33 bits per heavy atom. The first-order valence-electron chi connectivity index (χ1n) is 5.48. The molecule has 0 N–H and O–H groups in total. The van der Waals surface area contributed by atoms with E-state index in [9.17, 15) is 0 Å². The molecule has 0 aromatic rings. The fraction of sp³-hybridized carbons (Fsp3) is 0.636. The van der Waals surface area contributed by atoms with Gasteiger partial charge in [0.1, 0.15) is 0 Å². The van der Waals surface area contributed by atoms with Crippen LogP contribution >= 0.6 is 0 Å². The van der Waals surface area contributed by atoms with E-state index in [2.05, 4.69) is 33.6 Å². The second kappa shape index (κ2) is 14.6. The van der Waals surface area contributed by atoms with Crippen molar-refractivity contribution in [1.29, 1.82) is 0 Å². The van der Waals surface area contributed by atoms with Gasteiger partial charge >= 0.3 is 114 Å². The molecule has 0 radical (unpaired) electrons. The Balaban J connectivity index is 3.13. The second-order valence-electron chi connectivity index (χ2n) is 3.02. The Kier molecular flexibility index (Phi) is 15.3. The Hall–Kier alpha value is 0.637. The molecule has 0 aromatic carbocycles. The molecule has 0 fully saturated rings. The van der Waals surface area contributed by atoms with Gasteiger partial charge in [-0.2, -0.15) is 0 Å². The summed E-state index contributed by atoms with van der Waals surface area (Å²) in [5.74, 6) is 6.03. The van der Waals surface area contributed by atoms with Crippen molar-refractivity contribution in [3.63, 3.8) is 0 Å². The van der Waals surface area contributed by atoms with Gasteiger partial charge in [-0.15, -0.1) is 0 Å². The third-order valence-electron chi connectivity index (χ3n) is 1.52. The molecule has 0 rings (SSSR count).